The normalized spacial score (nSPS) is 20.6. The van der Waals surface area contributed by atoms with E-state index in [2.05, 4.69) is 17.4 Å². The van der Waals surface area contributed by atoms with Gasteiger partial charge in [-0.05, 0) is 54.7 Å². The summed E-state index contributed by atoms with van der Waals surface area (Å²) in [6, 6.07) is 30.0. The van der Waals surface area contributed by atoms with E-state index in [-0.39, 0.29) is 23.3 Å². The van der Waals surface area contributed by atoms with Crippen LogP contribution in [-0.4, -0.2) is 40.4 Å². The lowest BCUT2D eigenvalue weighted by Gasteiger charge is -2.42. The number of hydrogen-bond donors (Lipinski definition) is 2. The lowest BCUT2D eigenvalue weighted by molar-refractivity contribution is -0.134. The Labute approximate surface area is 219 Å². The molecule has 3 aromatic carbocycles. The molecule has 2 heterocycles. The van der Waals surface area contributed by atoms with Crippen molar-refractivity contribution in [3.8, 4) is 0 Å². The van der Waals surface area contributed by atoms with Crippen molar-refractivity contribution in [3.05, 3.63) is 108 Å². The van der Waals surface area contributed by atoms with Crippen LogP contribution in [0.5, 0.6) is 0 Å². The Hall–Kier alpha value is -3.44. The molecule has 0 bridgehead atoms. The van der Waals surface area contributed by atoms with Crippen molar-refractivity contribution >= 4 is 11.8 Å². The summed E-state index contributed by atoms with van der Waals surface area (Å²) in [6.07, 6.45) is 4.55. The largest absolute Gasteiger partial charge is 0.380 e. The van der Waals surface area contributed by atoms with E-state index < -0.39 is 5.60 Å². The number of carbonyl (C=O) groups is 2. The van der Waals surface area contributed by atoms with E-state index in [0.29, 0.717) is 32.4 Å². The van der Waals surface area contributed by atoms with Gasteiger partial charge in [0.25, 0.3) is 0 Å². The van der Waals surface area contributed by atoms with E-state index >= 15 is 0 Å². The van der Waals surface area contributed by atoms with Crippen molar-refractivity contribution in [2.75, 3.05) is 13.1 Å². The van der Waals surface area contributed by atoms with Crippen LogP contribution in [0.2, 0.25) is 0 Å². The second-order valence-corrected chi connectivity index (χ2v) is 10.6. The van der Waals surface area contributed by atoms with Gasteiger partial charge >= 0.3 is 0 Å². The Morgan fingerprint density at radius 3 is 1.95 bits per heavy atom. The summed E-state index contributed by atoms with van der Waals surface area (Å²) < 4.78 is 0. The third-order valence-corrected chi connectivity index (χ3v) is 8.30. The predicted molar refractivity (Wildman–Crippen MR) is 145 cm³/mol. The van der Waals surface area contributed by atoms with Crippen molar-refractivity contribution in [1.82, 2.24) is 10.2 Å². The average molecular weight is 497 g/mol. The molecular weight excluding hydrogens is 460 g/mol. The van der Waals surface area contributed by atoms with Crippen LogP contribution in [0, 0.1) is 5.92 Å². The number of nitrogens with one attached hydrogen (secondary N) is 1. The zero-order valence-corrected chi connectivity index (χ0v) is 21.3. The Kier molecular flexibility index (Phi) is 7.43. The molecule has 5 heteroatoms. The third kappa shape index (κ3) is 5.47. The zero-order valence-electron chi connectivity index (χ0n) is 21.3. The maximum atomic E-state index is 13.3. The van der Waals surface area contributed by atoms with Crippen LogP contribution < -0.4 is 5.32 Å². The molecule has 5 nitrogen and oxygen atoms in total. The number of likely N-dealkylation sites (tertiary alicyclic amines) is 1. The second-order valence-electron chi connectivity index (χ2n) is 10.6. The minimum Gasteiger partial charge on any atom is -0.380 e. The summed E-state index contributed by atoms with van der Waals surface area (Å²) >= 11 is 0. The molecule has 2 aliphatic rings. The van der Waals surface area contributed by atoms with Crippen LogP contribution in [0.25, 0.3) is 0 Å². The van der Waals surface area contributed by atoms with Gasteiger partial charge in [-0.3, -0.25) is 9.59 Å². The Balaban J connectivity index is 1.24. The van der Waals surface area contributed by atoms with E-state index in [0.717, 1.165) is 36.8 Å². The van der Waals surface area contributed by atoms with E-state index in [9.17, 15) is 14.7 Å². The molecule has 0 aliphatic carbocycles. The van der Waals surface area contributed by atoms with Gasteiger partial charge in [-0.1, -0.05) is 91.0 Å². The third-order valence-electron chi connectivity index (χ3n) is 8.30. The summed E-state index contributed by atoms with van der Waals surface area (Å²) in [5, 5.41) is 15.3. The summed E-state index contributed by atoms with van der Waals surface area (Å²) in [5.74, 6) is 0.222. The molecule has 0 radical (unpaired) electrons. The van der Waals surface area contributed by atoms with Crippen molar-refractivity contribution in [2.45, 2.75) is 56.1 Å². The van der Waals surface area contributed by atoms with Gasteiger partial charge in [-0.2, -0.15) is 0 Å². The number of benzene rings is 3. The summed E-state index contributed by atoms with van der Waals surface area (Å²) in [5.41, 5.74) is 1.52. The Morgan fingerprint density at radius 2 is 1.43 bits per heavy atom. The van der Waals surface area contributed by atoms with Gasteiger partial charge in [0.15, 0.2) is 0 Å². The molecule has 0 unspecified atom stereocenters. The summed E-state index contributed by atoms with van der Waals surface area (Å²) in [4.78, 5) is 27.4. The first-order chi connectivity index (χ1) is 18.0. The summed E-state index contributed by atoms with van der Waals surface area (Å²) in [6.45, 7) is 1.26. The van der Waals surface area contributed by atoms with Gasteiger partial charge in [0.2, 0.25) is 11.8 Å². The molecule has 1 atom stereocenters. The number of carbonyl (C=O) groups excluding carboxylic acids is 2. The molecule has 5 rings (SSSR count). The molecule has 0 aromatic heterocycles. The fraction of sp³-hybridized carbons (Fsp3) is 0.375. The van der Waals surface area contributed by atoms with Crippen molar-refractivity contribution in [2.24, 2.45) is 5.92 Å². The van der Waals surface area contributed by atoms with Gasteiger partial charge in [0.1, 0.15) is 5.60 Å². The van der Waals surface area contributed by atoms with Crippen LogP contribution in [0.15, 0.2) is 91.0 Å². The van der Waals surface area contributed by atoms with Crippen LogP contribution in [-0.2, 0) is 21.6 Å². The van der Waals surface area contributed by atoms with Crippen LogP contribution in [0.3, 0.4) is 0 Å². The highest BCUT2D eigenvalue weighted by molar-refractivity contribution is 5.80. The Bertz CT molecular complexity index is 1150. The fourth-order valence-corrected chi connectivity index (χ4v) is 6.24. The molecule has 2 fully saturated rings. The number of hydrogen-bond acceptors (Lipinski definition) is 3. The molecule has 2 N–H and O–H groups in total. The lowest BCUT2D eigenvalue weighted by atomic mass is 9.72. The molecule has 3 aromatic rings. The second kappa shape index (κ2) is 10.9. The highest BCUT2D eigenvalue weighted by Gasteiger charge is 2.43. The van der Waals surface area contributed by atoms with Gasteiger partial charge in [0.05, 0.1) is 0 Å². The lowest BCUT2D eigenvalue weighted by Crippen LogP contribution is -2.47. The van der Waals surface area contributed by atoms with Crippen LogP contribution in [0.4, 0.5) is 0 Å². The molecule has 192 valence electrons. The topological polar surface area (TPSA) is 69.6 Å². The highest BCUT2D eigenvalue weighted by atomic mass is 16.3. The number of rotatable bonds is 8. The SMILES string of the molecule is O=C1CC[C@@](CCC(=O)N2CCC(C(O)(c3ccccc3)c3ccccc3)CC2)(Cc2ccccc2)N1. The van der Waals surface area contributed by atoms with E-state index in [1.807, 2.05) is 83.8 Å². The monoisotopic (exact) mass is 496 g/mol. The molecule has 2 saturated heterocycles. The van der Waals surface area contributed by atoms with Crippen molar-refractivity contribution < 1.29 is 14.7 Å². The molecule has 2 aliphatic heterocycles. The van der Waals surface area contributed by atoms with Crippen LogP contribution in [0.1, 0.15) is 55.2 Å². The maximum absolute atomic E-state index is 13.3. The quantitative estimate of drug-likeness (QED) is 0.469. The summed E-state index contributed by atoms with van der Waals surface area (Å²) in [7, 11) is 0. The smallest absolute Gasteiger partial charge is 0.222 e. The van der Waals surface area contributed by atoms with Gasteiger partial charge in [-0.25, -0.2) is 0 Å². The number of nitrogens with zero attached hydrogens (tertiary/aromatic N) is 1. The average Bonchev–Trinajstić information content (AvgIpc) is 3.33. The number of amides is 2. The fourth-order valence-electron chi connectivity index (χ4n) is 6.24. The minimum atomic E-state index is -1.09. The number of aliphatic hydroxyl groups is 1. The van der Waals surface area contributed by atoms with Crippen molar-refractivity contribution in [3.63, 3.8) is 0 Å². The van der Waals surface area contributed by atoms with E-state index in [1.165, 1.54) is 5.56 Å². The molecule has 37 heavy (non-hydrogen) atoms. The highest BCUT2D eigenvalue weighted by Crippen LogP contribution is 2.42. The molecule has 0 saturated carbocycles. The van der Waals surface area contributed by atoms with E-state index in [4.69, 9.17) is 0 Å². The van der Waals surface area contributed by atoms with Gasteiger partial charge in [-0.15, -0.1) is 0 Å². The van der Waals surface area contributed by atoms with Crippen LogP contribution >= 0.6 is 0 Å². The molecular formula is C32H36N2O3. The standard InChI is InChI=1S/C32H36N2O3/c35-29-16-20-31(33-29,24-25-10-4-1-5-11-25)21-17-30(36)34-22-18-28(19-23-34)32(37,26-12-6-2-7-13-26)27-14-8-3-9-15-27/h1-15,28,37H,16-24H2,(H,33,35)/t31-/m1/s1. The minimum absolute atomic E-state index is 0.0138. The predicted octanol–water partition coefficient (Wildman–Crippen LogP) is 4.83. The molecule has 0 spiro atoms. The zero-order chi connectivity index (χ0) is 25.7. The number of piperidine rings is 1. The van der Waals surface area contributed by atoms with E-state index in [1.54, 1.807) is 0 Å². The first-order valence-electron chi connectivity index (χ1n) is 13.4. The first kappa shape index (κ1) is 25.2. The van der Waals surface area contributed by atoms with Crippen molar-refractivity contribution in [1.29, 1.82) is 0 Å². The Morgan fingerprint density at radius 1 is 0.892 bits per heavy atom. The van der Waals surface area contributed by atoms with Gasteiger partial charge < -0.3 is 15.3 Å². The maximum Gasteiger partial charge on any atom is 0.222 e. The molecule has 2 amide bonds. The first-order valence-corrected chi connectivity index (χ1v) is 13.4. The van der Waals surface area contributed by atoms with Gasteiger partial charge in [0, 0.05) is 31.5 Å².